The van der Waals surface area contributed by atoms with Crippen LogP contribution in [0.5, 0.6) is 0 Å². The second-order valence-corrected chi connectivity index (χ2v) is 6.31. The molecule has 0 saturated carbocycles. The molecule has 1 saturated heterocycles. The Balaban J connectivity index is 1.52. The number of likely N-dealkylation sites (tertiary alicyclic amines) is 1. The highest BCUT2D eigenvalue weighted by molar-refractivity contribution is 5.96. The Bertz CT molecular complexity index is 771. The van der Waals surface area contributed by atoms with E-state index in [2.05, 4.69) is 10.6 Å². The minimum absolute atomic E-state index is 0.0313. The van der Waals surface area contributed by atoms with Gasteiger partial charge in [-0.15, -0.1) is 0 Å². The number of hydrogen-bond acceptors (Lipinski definition) is 3. The van der Waals surface area contributed by atoms with E-state index in [1.807, 2.05) is 4.90 Å². The first kappa shape index (κ1) is 17.9. The molecule has 0 unspecified atom stereocenters. The molecule has 6 heteroatoms. The van der Waals surface area contributed by atoms with E-state index in [4.69, 9.17) is 0 Å². The molecule has 26 heavy (non-hydrogen) atoms. The summed E-state index contributed by atoms with van der Waals surface area (Å²) in [6.07, 6.45) is 3.28. The van der Waals surface area contributed by atoms with E-state index < -0.39 is 5.82 Å². The number of piperidine rings is 1. The number of carbonyl (C=O) groups excluding carboxylic acids is 2. The molecule has 0 aliphatic carbocycles. The van der Waals surface area contributed by atoms with Crippen LogP contribution in [0.4, 0.5) is 15.8 Å². The zero-order valence-corrected chi connectivity index (χ0v) is 14.5. The molecule has 0 spiro atoms. The zero-order valence-electron chi connectivity index (χ0n) is 14.5. The van der Waals surface area contributed by atoms with Crippen molar-refractivity contribution in [1.29, 1.82) is 0 Å². The van der Waals surface area contributed by atoms with Gasteiger partial charge in [-0.3, -0.25) is 9.59 Å². The van der Waals surface area contributed by atoms with E-state index in [9.17, 15) is 14.0 Å². The lowest BCUT2D eigenvalue weighted by molar-refractivity contribution is -0.114. The Morgan fingerprint density at radius 3 is 2.35 bits per heavy atom. The number of nitrogens with one attached hydrogen (secondary N) is 2. The molecule has 0 atom stereocenters. The molecular weight excluding hydrogens is 333 g/mol. The molecule has 3 rings (SSSR count). The lowest BCUT2D eigenvalue weighted by Gasteiger charge is -2.26. The maximum absolute atomic E-state index is 13.5. The summed E-state index contributed by atoms with van der Waals surface area (Å²) in [5.41, 5.74) is 1.50. The smallest absolute Gasteiger partial charge is 0.253 e. The number of carbonyl (C=O) groups is 2. The molecular formula is C20H22FN3O2. The first-order valence-corrected chi connectivity index (χ1v) is 8.81. The summed E-state index contributed by atoms with van der Waals surface area (Å²) in [6.45, 7) is 1.56. The Morgan fingerprint density at radius 1 is 0.962 bits per heavy atom. The van der Waals surface area contributed by atoms with Gasteiger partial charge < -0.3 is 15.5 Å². The van der Waals surface area contributed by atoms with Crippen molar-refractivity contribution in [3.63, 3.8) is 0 Å². The molecule has 136 valence electrons. The maximum Gasteiger partial charge on any atom is 0.253 e. The van der Waals surface area contributed by atoms with Gasteiger partial charge in [-0.1, -0.05) is 12.1 Å². The van der Waals surface area contributed by atoms with Crippen LogP contribution in [0.15, 0.2) is 48.5 Å². The Hall–Kier alpha value is -2.89. The molecule has 2 aromatic carbocycles. The van der Waals surface area contributed by atoms with Crippen molar-refractivity contribution in [2.45, 2.75) is 19.3 Å². The second-order valence-electron chi connectivity index (χ2n) is 6.31. The fraction of sp³-hybridized carbons (Fsp3) is 0.300. The summed E-state index contributed by atoms with van der Waals surface area (Å²) in [7, 11) is 0. The van der Waals surface area contributed by atoms with Gasteiger partial charge in [0.25, 0.3) is 5.91 Å². The topological polar surface area (TPSA) is 61.4 Å². The van der Waals surface area contributed by atoms with Crippen LogP contribution in [0.3, 0.4) is 0 Å². The van der Waals surface area contributed by atoms with Gasteiger partial charge in [0.15, 0.2) is 0 Å². The Morgan fingerprint density at radius 2 is 1.65 bits per heavy atom. The van der Waals surface area contributed by atoms with Crippen LogP contribution >= 0.6 is 0 Å². The summed E-state index contributed by atoms with van der Waals surface area (Å²) >= 11 is 0. The van der Waals surface area contributed by atoms with Gasteiger partial charge in [-0.25, -0.2) is 4.39 Å². The molecule has 2 aromatic rings. The number of benzene rings is 2. The van der Waals surface area contributed by atoms with E-state index in [1.54, 1.807) is 42.5 Å². The minimum atomic E-state index is -0.402. The van der Waals surface area contributed by atoms with E-state index in [0.717, 1.165) is 25.9 Å². The molecule has 1 aliphatic rings. The third-order valence-corrected chi connectivity index (χ3v) is 4.37. The molecule has 5 nitrogen and oxygen atoms in total. The van der Waals surface area contributed by atoms with E-state index in [-0.39, 0.29) is 24.0 Å². The van der Waals surface area contributed by atoms with E-state index in [1.165, 1.54) is 12.5 Å². The number of amides is 2. The largest absolute Gasteiger partial charge is 0.374 e. The SMILES string of the molecule is O=C(CNc1ccccc1F)Nc1ccc(C(=O)N2CCCCC2)cc1. The number of halogens is 1. The van der Waals surface area contributed by atoms with Gasteiger partial charge in [-0.05, 0) is 55.7 Å². The first-order valence-electron chi connectivity index (χ1n) is 8.81. The van der Waals surface area contributed by atoms with Crippen molar-refractivity contribution in [3.05, 3.63) is 59.9 Å². The van der Waals surface area contributed by atoms with Crippen LogP contribution in [0.1, 0.15) is 29.6 Å². The quantitative estimate of drug-likeness (QED) is 0.863. The molecule has 0 aromatic heterocycles. The van der Waals surface area contributed by atoms with Crippen molar-refractivity contribution in [2.75, 3.05) is 30.3 Å². The van der Waals surface area contributed by atoms with Gasteiger partial charge in [0.05, 0.1) is 12.2 Å². The third kappa shape index (κ3) is 4.59. The Labute approximate surface area is 152 Å². The summed E-state index contributed by atoms with van der Waals surface area (Å²) in [5.74, 6) is -0.659. The predicted molar refractivity (Wildman–Crippen MR) is 99.7 cm³/mol. The predicted octanol–water partition coefficient (Wildman–Crippen LogP) is 3.50. The highest BCUT2D eigenvalue weighted by atomic mass is 19.1. The lowest BCUT2D eigenvalue weighted by Crippen LogP contribution is -2.35. The number of anilines is 2. The van der Waals surface area contributed by atoms with Crippen LogP contribution in [0, 0.1) is 5.82 Å². The van der Waals surface area contributed by atoms with E-state index in [0.29, 0.717) is 11.3 Å². The minimum Gasteiger partial charge on any atom is -0.374 e. The molecule has 1 aliphatic heterocycles. The summed E-state index contributed by atoms with van der Waals surface area (Å²) in [5, 5.41) is 5.49. The molecule has 2 N–H and O–H groups in total. The molecule has 1 heterocycles. The zero-order chi connectivity index (χ0) is 18.4. The molecule has 0 radical (unpaired) electrons. The monoisotopic (exact) mass is 355 g/mol. The van der Waals surface area contributed by atoms with Crippen molar-refractivity contribution in [1.82, 2.24) is 4.90 Å². The molecule has 2 amide bonds. The number of hydrogen-bond donors (Lipinski definition) is 2. The van der Waals surface area contributed by atoms with E-state index >= 15 is 0 Å². The first-order chi connectivity index (χ1) is 12.6. The summed E-state index contributed by atoms with van der Waals surface area (Å²) in [4.78, 5) is 26.3. The van der Waals surface area contributed by atoms with Crippen molar-refractivity contribution in [2.24, 2.45) is 0 Å². The normalized spacial score (nSPS) is 14.0. The average Bonchev–Trinajstić information content (AvgIpc) is 2.68. The lowest BCUT2D eigenvalue weighted by atomic mass is 10.1. The highest BCUT2D eigenvalue weighted by Gasteiger charge is 2.18. The third-order valence-electron chi connectivity index (χ3n) is 4.37. The number of para-hydroxylation sites is 1. The van der Waals surface area contributed by atoms with Crippen molar-refractivity contribution in [3.8, 4) is 0 Å². The number of nitrogens with zero attached hydrogens (tertiary/aromatic N) is 1. The van der Waals surface area contributed by atoms with Gasteiger partial charge in [-0.2, -0.15) is 0 Å². The van der Waals surface area contributed by atoms with Crippen molar-refractivity contribution >= 4 is 23.2 Å². The standard InChI is InChI=1S/C20H22FN3O2/c21-17-6-2-3-7-18(17)22-14-19(25)23-16-10-8-15(9-11-16)20(26)24-12-4-1-5-13-24/h2-3,6-11,22H,1,4-5,12-14H2,(H,23,25). The Kier molecular flexibility index (Phi) is 5.84. The van der Waals surface area contributed by atoms with Gasteiger partial charge >= 0.3 is 0 Å². The fourth-order valence-corrected chi connectivity index (χ4v) is 2.96. The van der Waals surface area contributed by atoms with Crippen LogP contribution in [-0.2, 0) is 4.79 Å². The van der Waals surface area contributed by atoms with Gasteiger partial charge in [0.2, 0.25) is 5.91 Å². The highest BCUT2D eigenvalue weighted by Crippen LogP contribution is 2.16. The van der Waals surface area contributed by atoms with Crippen LogP contribution in [-0.4, -0.2) is 36.3 Å². The average molecular weight is 355 g/mol. The second kappa shape index (κ2) is 8.47. The summed E-state index contributed by atoms with van der Waals surface area (Å²) in [6, 6.07) is 13.0. The van der Waals surface area contributed by atoms with Gasteiger partial charge in [0, 0.05) is 24.3 Å². The summed E-state index contributed by atoms with van der Waals surface area (Å²) < 4.78 is 13.5. The molecule has 1 fully saturated rings. The van der Waals surface area contributed by atoms with Gasteiger partial charge in [0.1, 0.15) is 5.82 Å². The van der Waals surface area contributed by atoms with Crippen LogP contribution in [0.25, 0.3) is 0 Å². The van der Waals surface area contributed by atoms with Crippen molar-refractivity contribution < 1.29 is 14.0 Å². The fourth-order valence-electron chi connectivity index (χ4n) is 2.96. The molecule has 0 bridgehead atoms. The van der Waals surface area contributed by atoms with Crippen LogP contribution < -0.4 is 10.6 Å². The number of rotatable bonds is 5. The van der Waals surface area contributed by atoms with Crippen LogP contribution in [0.2, 0.25) is 0 Å². The maximum atomic E-state index is 13.5.